The van der Waals surface area contributed by atoms with Crippen molar-refractivity contribution in [3.63, 3.8) is 0 Å². The van der Waals surface area contributed by atoms with Gasteiger partial charge in [-0.25, -0.2) is 8.42 Å². The van der Waals surface area contributed by atoms with Gasteiger partial charge in [0, 0.05) is 24.6 Å². The van der Waals surface area contributed by atoms with E-state index in [-0.39, 0.29) is 9.15 Å². The van der Waals surface area contributed by atoms with Crippen LogP contribution in [0.25, 0.3) is 0 Å². The van der Waals surface area contributed by atoms with E-state index >= 15 is 0 Å². The fourth-order valence-electron chi connectivity index (χ4n) is 4.16. The molecular weight excluding hydrogens is 494 g/mol. The normalized spacial score (nSPS) is 26.1. The summed E-state index contributed by atoms with van der Waals surface area (Å²) in [5.41, 5.74) is 2.05. The SMILES string of the molecule is CCO[C@]12c3ccccc3N(S(=O)(=O)c3ccc(C)cc3)CC[C@@H]1C2(Br)Br. The van der Waals surface area contributed by atoms with Crippen LogP contribution in [0.4, 0.5) is 5.69 Å². The molecule has 7 heteroatoms. The van der Waals surface area contributed by atoms with Crippen molar-refractivity contribution < 1.29 is 13.2 Å². The van der Waals surface area contributed by atoms with Crippen molar-refractivity contribution in [3.05, 3.63) is 59.7 Å². The molecule has 0 saturated heterocycles. The molecule has 2 aromatic carbocycles. The summed E-state index contributed by atoms with van der Waals surface area (Å²) in [5.74, 6) is 0.143. The molecule has 0 aromatic heterocycles. The van der Waals surface area contributed by atoms with Crippen molar-refractivity contribution in [2.75, 3.05) is 17.5 Å². The zero-order valence-electron chi connectivity index (χ0n) is 15.2. The highest BCUT2D eigenvalue weighted by molar-refractivity contribution is 9.25. The number of alkyl halides is 2. The summed E-state index contributed by atoms with van der Waals surface area (Å²) in [7, 11) is -3.65. The van der Waals surface area contributed by atoms with Gasteiger partial charge < -0.3 is 4.74 Å². The van der Waals surface area contributed by atoms with Crippen molar-refractivity contribution in [1.29, 1.82) is 0 Å². The Hall–Kier alpha value is -0.890. The second-order valence-corrected chi connectivity index (χ2v) is 12.5. The molecule has 4 rings (SSSR count). The summed E-state index contributed by atoms with van der Waals surface area (Å²) in [5, 5.41) is 0. The molecule has 0 amide bonds. The zero-order chi connectivity index (χ0) is 19.4. The number of aryl methyl sites for hydroxylation is 1. The van der Waals surface area contributed by atoms with Gasteiger partial charge in [-0.3, -0.25) is 4.31 Å². The average molecular weight is 515 g/mol. The van der Waals surface area contributed by atoms with E-state index < -0.39 is 15.6 Å². The van der Waals surface area contributed by atoms with Crippen LogP contribution in [0.5, 0.6) is 0 Å². The van der Waals surface area contributed by atoms with Gasteiger partial charge in [0.05, 0.1) is 10.6 Å². The van der Waals surface area contributed by atoms with Crippen LogP contribution < -0.4 is 4.31 Å². The number of benzene rings is 2. The summed E-state index contributed by atoms with van der Waals surface area (Å²) in [6.07, 6.45) is 0.691. The molecule has 1 saturated carbocycles. The van der Waals surface area contributed by atoms with Crippen LogP contribution in [0.1, 0.15) is 24.5 Å². The standard InChI is InChI=1S/C20H21Br2NO3S/c1-3-26-19-16-6-4-5-7-17(16)23(13-12-18(19)20(19,21)22)27(24,25)15-10-8-14(2)9-11-15/h4-11,18H,3,12-13H2,1-2H3/t18-,19+/m0/s1. The molecule has 2 aliphatic rings. The van der Waals surface area contributed by atoms with Gasteiger partial charge in [-0.15, -0.1) is 0 Å². The third-order valence-corrected chi connectivity index (χ3v) is 9.63. The Morgan fingerprint density at radius 1 is 1.15 bits per heavy atom. The maximum atomic E-state index is 13.4. The maximum absolute atomic E-state index is 13.4. The van der Waals surface area contributed by atoms with Gasteiger partial charge in [0.25, 0.3) is 10.0 Å². The van der Waals surface area contributed by atoms with Gasteiger partial charge >= 0.3 is 0 Å². The minimum atomic E-state index is -3.65. The van der Waals surface area contributed by atoms with Crippen molar-refractivity contribution >= 4 is 47.6 Å². The summed E-state index contributed by atoms with van der Waals surface area (Å²) in [4.78, 5) is 0.313. The van der Waals surface area contributed by atoms with Gasteiger partial charge in [-0.1, -0.05) is 67.8 Å². The van der Waals surface area contributed by atoms with Crippen LogP contribution in [-0.4, -0.2) is 24.8 Å². The van der Waals surface area contributed by atoms with E-state index in [0.717, 1.165) is 11.1 Å². The van der Waals surface area contributed by atoms with Crippen LogP contribution in [0.15, 0.2) is 53.4 Å². The zero-order valence-corrected chi connectivity index (χ0v) is 19.1. The molecule has 1 aliphatic carbocycles. The van der Waals surface area contributed by atoms with Gasteiger partial charge in [0.2, 0.25) is 0 Å². The first-order valence-electron chi connectivity index (χ1n) is 8.97. The lowest BCUT2D eigenvalue weighted by Gasteiger charge is -2.28. The number of sulfonamides is 1. The fraction of sp³-hybridized carbons (Fsp3) is 0.400. The van der Waals surface area contributed by atoms with Crippen LogP contribution in [0, 0.1) is 12.8 Å². The topological polar surface area (TPSA) is 46.6 Å². The van der Waals surface area contributed by atoms with E-state index in [1.165, 1.54) is 4.31 Å². The Labute approximate surface area is 177 Å². The molecule has 4 nitrogen and oxygen atoms in total. The Bertz CT molecular complexity index is 975. The van der Waals surface area contributed by atoms with E-state index in [4.69, 9.17) is 4.74 Å². The summed E-state index contributed by atoms with van der Waals surface area (Å²) >= 11 is 7.58. The molecular formula is C20H21Br2NO3S. The largest absolute Gasteiger partial charge is 0.368 e. The number of halogens is 2. The Kier molecular flexibility index (Phi) is 4.73. The monoisotopic (exact) mass is 513 g/mol. The molecule has 2 aromatic rings. The van der Waals surface area contributed by atoms with Crippen LogP contribution in [0.3, 0.4) is 0 Å². The number of anilines is 1. The first-order valence-corrected chi connectivity index (χ1v) is 12.0. The summed E-state index contributed by atoms with van der Waals surface area (Å²) in [6.45, 7) is 4.87. The van der Waals surface area contributed by atoms with Gasteiger partial charge in [0.1, 0.15) is 8.83 Å². The average Bonchev–Trinajstić information content (AvgIpc) is 3.16. The lowest BCUT2D eigenvalue weighted by atomic mass is 10.0. The highest BCUT2D eigenvalue weighted by atomic mass is 79.9. The quantitative estimate of drug-likeness (QED) is 0.543. The molecule has 0 bridgehead atoms. The molecule has 27 heavy (non-hydrogen) atoms. The lowest BCUT2D eigenvalue weighted by Crippen LogP contribution is -2.33. The van der Waals surface area contributed by atoms with E-state index in [1.54, 1.807) is 12.1 Å². The second kappa shape index (κ2) is 6.58. The number of para-hydroxylation sites is 1. The molecule has 0 N–H and O–H groups in total. The minimum absolute atomic E-state index is 0.143. The second-order valence-electron chi connectivity index (χ2n) is 7.04. The van der Waals surface area contributed by atoms with E-state index in [2.05, 4.69) is 31.9 Å². The van der Waals surface area contributed by atoms with Crippen LogP contribution in [0.2, 0.25) is 0 Å². The molecule has 0 spiro atoms. The van der Waals surface area contributed by atoms with Crippen molar-refractivity contribution in [2.45, 2.75) is 34.0 Å². The van der Waals surface area contributed by atoms with E-state index in [9.17, 15) is 8.42 Å². The number of ether oxygens (including phenoxy) is 1. The third kappa shape index (κ3) is 2.73. The first-order chi connectivity index (χ1) is 12.8. The van der Waals surface area contributed by atoms with Gasteiger partial charge in [0.15, 0.2) is 0 Å². The van der Waals surface area contributed by atoms with Crippen molar-refractivity contribution in [3.8, 4) is 0 Å². The molecule has 1 fully saturated rings. The molecule has 0 radical (unpaired) electrons. The Balaban J connectivity index is 1.86. The van der Waals surface area contributed by atoms with E-state index in [0.29, 0.717) is 30.2 Å². The molecule has 2 atom stereocenters. The van der Waals surface area contributed by atoms with E-state index in [1.807, 2.05) is 50.2 Å². The maximum Gasteiger partial charge on any atom is 0.264 e. The first kappa shape index (κ1) is 19.4. The number of nitrogens with zero attached hydrogens (tertiary/aromatic N) is 1. The fourth-order valence-corrected chi connectivity index (χ4v) is 7.74. The van der Waals surface area contributed by atoms with Crippen molar-refractivity contribution in [2.24, 2.45) is 5.92 Å². The predicted octanol–water partition coefficient (Wildman–Crippen LogP) is 4.94. The Morgan fingerprint density at radius 2 is 1.81 bits per heavy atom. The molecule has 0 unspecified atom stereocenters. The smallest absolute Gasteiger partial charge is 0.264 e. The molecule has 144 valence electrons. The predicted molar refractivity (Wildman–Crippen MR) is 114 cm³/mol. The number of fused-ring (bicyclic) bond motifs is 3. The number of rotatable bonds is 4. The minimum Gasteiger partial charge on any atom is -0.368 e. The van der Waals surface area contributed by atoms with Crippen molar-refractivity contribution in [1.82, 2.24) is 0 Å². The molecule has 1 aliphatic heterocycles. The van der Waals surface area contributed by atoms with Crippen LogP contribution >= 0.6 is 31.9 Å². The highest BCUT2D eigenvalue weighted by Gasteiger charge is 2.78. The summed E-state index contributed by atoms with van der Waals surface area (Å²) in [6, 6.07) is 14.7. The van der Waals surface area contributed by atoms with Crippen LogP contribution in [-0.2, 0) is 20.4 Å². The number of hydrogen-bond acceptors (Lipinski definition) is 3. The Morgan fingerprint density at radius 3 is 2.48 bits per heavy atom. The van der Waals surface area contributed by atoms with Gasteiger partial charge in [-0.05, 0) is 38.5 Å². The van der Waals surface area contributed by atoms with Gasteiger partial charge in [-0.2, -0.15) is 0 Å². The third-order valence-electron chi connectivity index (χ3n) is 5.51. The molecule has 1 heterocycles. The summed E-state index contributed by atoms with van der Waals surface area (Å²) < 4.78 is 34.2. The highest BCUT2D eigenvalue weighted by Crippen LogP contribution is 2.75. The number of hydrogen-bond donors (Lipinski definition) is 0. The lowest BCUT2D eigenvalue weighted by molar-refractivity contribution is 0.0269.